The average molecular weight is 387 g/mol. The summed E-state index contributed by atoms with van der Waals surface area (Å²) in [6.45, 7) is 6.15. The Labute approximate surface area is 161 Å². The van der Waals surface area contributed by atoms with Crippen molar-refractivity contribution in [2.24, 2.45) is 0 Å². The SMILES string of the molecule is CCOC(=O)c1cn2c3c(c(N4CCNCC4)c(F)cc3c1=O)C(=O)CC2C. The molecule has 4 rings (SSSR count). The van der Waals surface area contributed by atoms with Crippen LogP contribution in [-0.4, -0.2) is 49.1 Å². The van der Waals surface area contributed by atoms with Gasteiger partial charge < -0.3 is 19.5 Å². The lowest BCUT2D eigenvalue weighted by molar-refractivity contribution is 0.0524. The molecule has 1 unspecified atom stereocenters. The number of hydrogen-bond acceptors (Lipinski definition) is 6. The minimum atomic E-state index is -0.740. The number of carbonyl (C=O) groups is 2. The Bertz CT molecular complexity index is 1040. The second-order valence-electron chi connectivity index (χ2n) is 7.19. The van der Waals surface area contributed by atoms with Crippen molar-refractivity contribution in [3.63, 3.8) is 0 Å². The summed E-state index contributed by atoms with van der Waals surface area (Å²) in [5, 5.41) is 3.25. The smallest absolute Gasteiger partial charge is 0.343 e. The molecule has 28 heavy (non-hydrogen) atoms. The van der Waals surface area contributed by atoms with Gasteiger partial charge in [-0.15, -0.1) is 0 Å². The molecule has 0 saturated carbocycles. The second-order valence-corrected chi connectivity index (χ2v) is 7.19. The van der Waals surface area contributed by atoms with Crippen LogP contribution < -0.4 is 15.6 Å². The zero-order valence-electron chi connectivity index (χ0n) is 15.9. The van der Waals surface area contributed by atoms with Crippen LogP contribution in [0, 0.1) is 5.82 Å². The molecule has 0 radical (unpaired) electrons. The van der Waals surface area contributed by atoms with Crippen molar-refractivity contribution in [1.82, 2.24) is 9.88 Å². The Kier molecular flexibility index (Phi) is 4.66. The summed E-state index contributed by atoms with van der Waals surface area (Å²) in [6, 6.07) is 0.904. The fourth-order valence-electron chi connectivity index (χ4n) is 4.11. The van der Waals surface area contributed by atoms with E-state index in [2.05, 4.69) is 5.32 Å². The molecule has 1 aromatic heterocycles. The average Bonchev–Trinajstić information content (AvgIpc) is 2.67. The van der Waals surface area contributed by atoms with Crippen LogP contribution in [0.15, 0.2) is 17.1 Å². The van der Waals surface area contributed by atoms with Crippen LogP contribution in [0.1, 0.15) is 47.0 Å². The van der Waals surface area contributed by atoms with Gasteiger partial charge in [0.2, 0.25) is 5.43 Å². The topological polar surface area (TPSA) is 80.6 Å². The molecule has 3 heterocycles. The number of pyridine rings is 1. The summed E-state index contributed by atoms with van der Waals surface area (Å²) in [7, 11) is 0. The highest BCUT2D eigenvalue weighted by Gasteiger charge is 2.33. The number of ketones is 1. The number of ether oxygens (including phenoxy) is 1. The highest BCUT2D eigenvalue weighted by molar-refractivity contribution is 6.13. The molecule has 148 valence electrons. The molecule has 2 aliphatic rings. The molecule has 2 aromatic rings. The Morgan fingerprint density at radius 1 is 1.32 bits per heavy atom. The van der Waals surface area contributed by atoms with Gasteiger partial charge in [0.15, 0.2) is 5.78 Å². The standard InChI is InChI=1S/C20H22FN3O4/c1-3-28-20(27)13-10-24-11(2)8-15(25)16-17(24)12(19(13)26)9-14(21)18(16)23-6-4-22-5-7-23/h9-11,22H,3-8H2,1-2H3. The van der Waals surface area contributed by atoms with Gasteiger partial charge in [-0.05, 0) is 19.9 Å². The van der Waals surface area contributed by atoms with Crippen LogP contribution in [0.2, 0.25) is 0 Å². The first kappa shape index (κ1) is 18.6. The lowest BCUT2D eigenvalue weighted by Crippen LogP contribution is -2.44. The molecule has 1 atom stereocenters. The molecule has 0 aliphatic carbocycles. The number of benzene rings is 1. The number of anilines is 1. The van der Waals surface area contributed by atoms with Gasteiger partial charge >= 0.3 is 5.97 Å². The maximum atomic E-state index is 15.2. The number of Topliss-reactive ketones (excluding diaryl/α,β-unsaturated/α-hetero) is 1. The third-order valence-electron chi connectivity index (χ3n) is 5.40. The Morgan fingerprint density at radius 3 is 2.71 bits per heavy atom. The molecule has 1 aromatic carbocycles. The number of carbonyl (C=O) groups excluding carboxylic acids is 2. The molecular formula is C20H22FN3O4. The van der Waals surface area contributed by atoms with Gasteiger partial charge in [0, 0.05) is 44.8 Å². The zero-order valence-corrected chi connectivity index (χ0v) is 15.9. The number of nitrogens with zero attached hydrogens (tertiary/aromatic N) is 2. The highest BCUT2D eigenvalue weighted by atomic mass is 19.1. The minimum absolute atomic E-state index is 0.0387. The Hall–Kier alpha value is -2.74. The van der Waals surface area contributed by atoms with Gasteiger partial charge in [0.1, 0.15) is 11.4 Å². The first-order chi connectivity index (χ1) is 13.4. The van der Waals surface area contributed by atoms with Crippen LogP contribution in [0.3, 0.4) is 0 Å². The lowest BCUT2D eigenvalue weighted by atomic mass is 9.92. The van der Waals surface area contributed by atoms with Crippen LogP contribution in [-0.2, 0) is 4.74 Å². The van der Waals surface area contributed by atoms with Gasteiger partial charge in [-0.1, -0.05) is 0 Å². The summed E-state index contributed by atoms with van der Waals surface area (Å²) < 4.78 is 21.9. The van der Waals surface area contributed by atoms with E-state index < -0.39 is 17.2 Å². The summed E-state index contributed by atoms with van der Waals surface area (Å²) in [6.07, 6.45) is 1.62. The van der Waals surface area contributed by atoms with Gasteiger partial charge in [-0.2, -0.15) is 0 Å². The molecule has 7 nitrogen and oxygen atoms in total. The quantitative estimate of drug-likeness (QED) is 0.810. The summed E-state index contributed by atoms with van der Waals surface area (Å²) in [4.78, 5) is 39.9. The van der Waals surface area contributed by atoms with Crippen LogP contribution >= 0.6 is 0 Å². The van der Waals surface area contributed by atoms with Crippen molar-refractivity contribution in [1.29, 1.82) is 0 Å². The van der Waals surface area contributed by atoms with Crippen LogP contribution in [0.5, 0.6) is 0 Å². The number of aromatic nitrogens is 1. The predicted molar refractivity (Wildman–Crippen MR) is 103 cm³/mol. The van der Waals surface area contributed by atoms with Gasteiger partial charge in [0.25, 0.3) is 0 Å². The monoisotopic (exact) mass is 387 g/mol. The number of piperazine rings is 1. The molecule has 1 fully saturated rings. The van der Waals surface area contributed by atoms with Crippen molar-refractivity contribution in [3.05, 3.63) is 39.4 Å². The Morgan fingerprint density at radius 2 is 2.04 bits per heavy atom. The lowest BCUT2D eigenvalue weighted by Gasteiger charge is -2.34. The van der Waals surface area contributed by atoms with E-state index in [9.17, 15) is 14.4 Å². The maximum absolute atomic E-state index is 15.2. The summed E-state index contributed by atoms with van der Waals surface area (Å²) >= 11 is 0. The predicted octanol–water partition coefficient (Wildman–Crippen LogP) is 1.87. The molecule has 1 N–H and O–H groups in total. The summed E-state index contributed by atoms with van der Waals surface area (Å²) in [5.74, 6) is -1.54. The van der Waals surface area contributed by atoms with Crippen molar-refractivity contribution < 1.29 is 18.7 Å². The van der Waals surface area contributed by atoms with E-state index in [1.54, 1.807) is 11.5 Å². The number of halogens is 1. The zero-order chi connectivity index (χ0) is 20.0. The van der Waals surface area contributed by atoms with Gasteiger partial charge in [0.05, 0.1) is 28.8 Å². The number of hydrogen-bond donors (Lipinski definition) is 1. The van der Waals surface area contributed by atoms with Crippen molar-refractivity contribution in [3.8, 4) is 0 Å². The molecule has 8 heteroatoms. The number of nitrogens with one attached hydrogen (secondary N) is 1. The van der Waals surface area contributed by atoms with Crippen molar-refractivity contribution in [2.75, 3.05) is 37.7 Å². The number of rotatable bonds is 3. The van der Waals surface area contributed by atoms with Gasteiger partial charge in [-0.3, -0.25) is 9.59 Å². The van der Waals surface area contributed by atoms with Crippen molar-refractivity contribution in [2.45, 2.75) is 26.3 Å². The van der Waals surface area contributed by atoms with E-state index >= 15 is 4.39 Å². The fraction of sp³-hybridized carbons (Fsp3) is 0.450. The summed E-state index contributed by atoms with van der Waals surface area (Å²) in [5.41, 5.74) is 0.136. The molecule has 2 aliphatic heterocycles. The van der Waals surface area contributed by atoms with Crippen LogP contribution in [0.25, 0.3) is 10.9 Å². The third-order valence-corrected chi connectivity index (χ3v) is 5.40. The fourth-order valence-corrected chi connectivity index (χ4v) is 4.11. The second kappa shape index (κ2) is 7.01. The van der Waals surface area contributed by atoms with E-state index in [0.29, 0.717) is 31.7 Å². The van der Waals surface area contributed by atoms with E-state index in [1.165, 1.54) is 6.20 Å². The first-order valence-electron chi connectivity index (χ1n) is 9.51. The number of esters is 1. The van der Waals surface area contributed by atoms with Gasteiger partial charge in [-0.25, -0.2) is 9.18 Å². The molecule has 0 spiro atoms. The van der Waals surface area contributed by atoms with Crippen molar-refractivity contribution >= 4 is 28.3 Å². The van der Waals surface area contributed by atoms with E-state index in [1.807, 2.05) is 11.8 Å². The molecule has 0 bridgehead atoms. The van der Waals surface area contributed by atoms with Crippen LogP contribution in [0.4, 0.5) is 10.1 Å². The maximum Gasteiger partial charge on any atom is 0.343 e. The third kappa shape index (κ3) is 2.79. The van der Waals surface area contributed by atoms with E-state index in [-0.39, 0.29) is 47.1 Å². The molecule has 1 saturated heterocycles. The molecule has 0 amide bonds. The largest absolute Gasteiger partial charge is 0.462 e. The molecular weight excluding hydrogens is 365 g/mol. The highest BCUT2D eigenvalue weighted by Crippen LogP contribution is 2.38. The minimum Gasteiger partial charge on any atom is -0.462 e. The van der Waals surface area contributed by atoms with E-state index in [0.717, 1.165) is 6.07 Å². The van der Waals surface area contributed by atoms with E-state index in [4.69, 9.17) is 4.74 Å². The first-order valence-corrected chi connectivity index (χ1v) is 9.51. The Balaban J connectivity index is 2.05. The normalized spacial score (nSPS) is 19.2.